The number of carbonyl (C=O) groups is 3. The first-order valence-electron chi connectivity index (χ1n) is 9.73. The van der Waals surface area contributed by atoms with Gasteiger partial charge in [0.15, 0.2) is 5.76 Å². The molecule has 0 radical (unpaired) electrons. The number of amides is 3. The average molecular weight is 413 g/mol. The molecule has 2 unspecified atom stereocenters. The standard InChI is InChI=1S/C19H28N4O4.ClH/c20-8-9-21-17(24)14-5-3-10-22(13-14)18(25)15-6-1-2-11-23(15)19(26)16-7-4-12-27-16;/h4,7,12,14-15H,1-3,5-6,8-11,13,20H2,(H,21,24);1H. The van der Waals surface area contributed by atoms with Crippen molar-refractivity contribution in [3.8, 4) is 0 Å². The molecule has 0 aromatic carbocycles. The van der Waals surface area contributed by atoms with E-state index in [-0.39, 0.29) is 41.8 Å². The van der Waals surface area contributed by atoms with Crippen LogP contribution in [-0.2, 0) is 9.59 Å². The highest BCUT2D eigenvalue weighted by molar-refractivity contribution is 5.95. The van der Waals surface area contributed by atoms with Gasteiger partial charge in [-0.25, -0.2) is 0 Å². The zero-order valence-corrected chi connectivity index (χ0v) is 16.8. The van der Waals surface area contributed by atoms with E-state index in [1.54, 1.807) is 21.9 Å². The molecule has 28 heavy (non-hydrogen) atoms. The average Bonchev–Trinajstić information content (AvgIpc) is 3.26. The number of nitrogens with two attached hydrogens (primary N) is 1. The summed E-state index contributed by atoms with van der Waals surface area (Å²) in [7, 11) is 0. The number of rotatable bonds is 5. The first kappa shape index (κ1) is 22.2. The van der Waals surface area contributed by atoms with Crippen LogP contribution in [0.2, 0.25) is 0 Å². The molecule has 156 valence electrons. The summed E-state index contributed by atoms with van der Waals surface area (Å²) in [6, 6.07) is 2.81. The van der Waals surface area contributed by atoms with E-state index in [0.717, 1.165) is 25.7 Å². The van der Waals surface area contributed by atoms with Crippen LogP contribution in [0.4, 0.5) is 0 Å². The van der Waals surface area contributed by atoms with Gasteiger partial charge in [-0.05, 0) is 44.2 Å². The summed E-state index contributed by atoms with van der Waals surface area (Å²) in [5.74, 6) is -0.317. The molecule has 3 N–H and O–H groups in total. The molecule has 0 spiro atoms. The number of furan rings is 1. The van der Waals surface area contributed by atoms with Crippen LogP contribution < -0.4 is 11.1 Å². The number of nitrogens with one attached hydrogen (secondary N) is 1. The lowest BCUT2D eigenvalue weighted by atomic mass is 9.94. The van der Waals surface area contributed by atoms with E-state index in [4.69, 9.17) is 10.2 Å². The van der Waals surface area contributed by atoms with Crippen molar-refractivity contribution in [3.63, 3.8) is 0 Å². The fourth-order valence-electron chi connectivity index (χ4n) is 3.91. The van der Waals surface area contributed by atoms with E-state index in [1.165, 1.54) is 6.26 Å². The first-order valence-corrected chi connectivity index (χ1v) is 9.73. The Labute approximate surface area is 171 Å². The van der Waals surface area contributed by atoms with Gasteiger partial charge in [0.1, 0.15) is 6.04 Å². The lowest BCUT2D eigenvalue weighted by Gasteiger charge is -2.39. The molecule has 2 atom stereocenters. The molecule has 1 aromatic rings. The number of piperidine rings is 2. The highest BCUT2D eigenvalue weighted by Gasteiger charge is 2.38. The van der Waals surface area contributed by atoms with Crippen LogP contribution in [0.3, 0.4) is 0 Å². The Morgan fingerprint density at radius 3 is 2.71 bits per heavy atom. The van der Waals surface area contributed by atoms with Crippen molar-refractivity contribution >= 4 is 30.1 Å². The lowest BCUT2D eigenvalue weighted by Crippen LogP contribution is -2.55. The summed E-state index contributed by atoms with van der Waals surface area (Å²) < 4.78 is 5.23. The van der Waals surface area contributed by atoms with Gasteiger partial charge >= 0.3 is 0 Å². The second-order valence-electron chi connectivity index (χ2n) is 7.19. The second-order valence-corrected chi connectivity index (χ2v) is 7.19. The van der Waals surface area contributed by atoms with Crippen molar-refractivity contribution in [1.82, 2.24) is 15.1 Å². The van der Waals surface area contributed by atoms with E-state index >= 15 is 0 Å². The fraction of sp³-hybridized carbons (Fsp3) is 0.632. The summed E-state index contributed by atoms with van der Waals surface area (Å²) in [5.41, 5.74) is 5.44. The molecule has 9 heteroatoms. The third kappa shape index (κ3) is 5.05. The minimum Gasteiger partial charge on any atom is -0.459 e. The smallest absolute Gasteiger partial charge is 0.290 e. The molecule has 3 rings (SSSR count). The Bertz CT molecular complexity index is 667. The number of carbonyl (C=O) groups excluding carboxylic acids is 3. The molecular formula is C19H29ClN4O4. The first-order chi connectivity index (χ1) is 13.1. The summed E-state index contributed by atoms with van der Waals surface area (Å²) >= 11 is 0. The Morgan fingerprint density at radius 2 is 2.00 bits per heavy atom. The van der Waals surface area contributed by atoms with Gasteiger partial charge in [0.05, 0.1) is 12.2 Å². The van der Waals surface area contributed by atoms with Gasteiger partial charge in [-0.15, -0.1) is 12.4 Å². The monoisotopic (exact) mass is 412 g/mol. The van der Waals surface area contributed by atoms with Crippen molar-refractivity contribution in [3.05, 3.63) is 24.2 Å². The van der Waals surface area contributed by atoms with Crippen LogP contribution in [0, 0.1) is 5.92 Å². The maximum atomic E-state index is 13.2. The van der Waals surface area contributed by atoms with Crippen LogP contribution in [0.5, 0.6) is 0 Å². The molecule has 2 saturated heterocycles. The largest absolute Gasteiger partial charge is 0.459 e. The molecule has 3 heterocycles. The topological polar surface area (TPSA) is 109 Å². The number of hydrogen-bond acceptors (Lipinski definition) is 5. The van der Waals surface area contributed by atoms with E-state index < -0.39 is 6.04 Å². The van der Waals surface area contributed by atoms with Crippen LogP contribution in [-0.4, -0.2) is 66.3 Å². The molecule has 3 amide bonds. The number of nitrogens with zero attached hydrogens (tertiary/aromatic N) is 2. The van der Waals surface area contributed by atoms with Gasteiger partial charge in [-0.1, -0.05) is 0 Å². The Morgan fingerprint density at radius 1 is 1.18 bits per heavy atom. The third-order valence-electron chi connectivity index (χ3n) is 5.33. The van der Waals surface area contributed by atoms with Gasteiger partial charge in [-0.2, -0.15) is 0 Å². The SMILES string of the molecule is Cl.NCCNC(=O)C1CCCN(C(=O)C2CCCCN2C(=O)c2ccco2)C1. The highest BCUT2D eigenvalue weighted by atomic mass is 35.5. The molecule has 8 nitrogen and oxygen atoms in total. The van der Waals surface area contributed by atoms with Crippen molar-refractivity contribution in [2.45, 2.75) is 38.1 Å². The quantitative estimate of drug-likeness (QED) is 0.750. The molecule has 2 aliphatic rings. The third-order valence-corrected chi connectivity index (χ3v) is 5.33. The minimum atomic E-state index is -0.484. The normalized spacial score (nSPS) is 22.3. The predicted molar refractivity (Wildman–Crippen MR) is 106 cm³/mol. The van der Waals surface area contributed by atoms with Crippen LogP contribution in [0.1, 0.15) is 42.7 Å². The Balaban J connectivity index is 0.00000280. The molecule has 2 fully saturated rings. The van der Waals surface area contributed by atoms with E-state index in [9.17, 15) is 14.4 Å². The van der Waals surface area contributed by atoms with Gasteiger partial charge in [-0.3, -0.25) is 14.4 Å². The van der Waals surface area contributed by atoms with Crippen molar-refractivity contribution in [1.29, 1.82) is 0 Å². The number of likely N-dealkylation sites (tertiary alicyclic amines) is 2. The van der Waals surface area contributed by atoms with Crippen molar-refractivity contribution in [2.24, 2.45) is 11.7 Å². The molecule has 2 aliphatic heterocycles. The molecule has 0 saturated carbocycles. The number of hydrogen-bond donors (Lipinski definition) is 2. The number of halogens is 1. The molecule has 0 bridgehead atoms. The summed E-state index contributed by atoms with van der Waals surface area (Å²) in [6.07, 6.45) is 5.44. The van der Waals surface area contributed by atoms with Crippen molar-refractivity contribution < 1.29 is 18.8 Å². The van der Waals surface area contributed by atoms with Gasteiger partial charge in [0.2, 0.25) is 11.8 Å². The highest BCUT2D eigenvalue weighted by Crippen LogP contribution is 2.24. The van der Waals surface area contributed by atoms with Crippen LogP contribution in [0.15, 0.2) is 22.8 Å². The zero-order valence-electron chi connectivity index (χ0n) is 16.0. The van der Waals surface area contributed by atoms with Crippen LogP contribution >= 0.6 is 12.4 Å². The maximum Gasteiger partial charge on any atom is 0.290 e. The van der Waals surface area contributed by atoms with Gasteiger partial charge in [0.25, 0.3) is 5.91 Å². The minimum absolute atomic E-state index is 0. The molecule has 1 aromatic heterocycles. The molecule has 0 aliphatic carbocycles. The van der Waals surface area contributed by atoms with E-state index in [2.05, 4.69) is 5.32 Å². The van der Waals surface area contributed by atoms with Gasteiger partial charge < -0.3 is 25.3 Å². The molecular weight excluding hydrogens is 384 g/mol. The van der Waals surface area contributed by atoms with Gasteiger partial charge in [0, 0.05) is 32.7 Å². The Hall–Kier alpha value is -2.06. The summed E-state index contributed by atoms with van der Waals surface area (Å²) in [5, 5.41) is 2.81. The van der Waals surface area contributed by atoms with E-state index in [1.807, 2.05) is 0 Å². The van der Waals surface area contributed by atoms with E-state index in [0.29, 0.717) is 39.1 Å². The predicted octanol–water partition coefficient (Wildman–Crippen LogP) is 1.01. The summed E-state index contributed by atoms with van der Waals surface area (Å²) in [4.78, 5) is 41.5. The van der Waals surface area contributed by atoms with Crippen LogP contribution in [0.25, 0.3) is 0 Å². The van der Waals surface area contributed by atoms with Crippen molar-refractivity contribution in [2.75, 3.05) is 32.7 Å². The zero-order chi connectivity index (χ0) is 19.2. The second kappa shape index (κ2) is 10.5. The summed E-state index contributed by atoms with van der Waals surface area (Å²) in [6.45, 7) is 2.40. The maximum absolute atomic E-state index is 13.2. The fourth-order valence-corrected chi connectivity index (χ4v) is 3.91. The lowest BCUT2D eigenvalue weighted by molar-refractivity contribution is -0.140. The Kier molecular flexibility index (Phi) is 8.32.